The first kappa shape index (κ1) is 10.6. The lowest BCUT2D eigenvalue weighted by Crippen LogP contribution is -2.39. The van der Waals surface area contributed by atoms with Crippen molar-refractivity contribution >= 4 is 11.9 Å². The van der Waals surface area contributed by atoms with E-state index in [1.165, 1.54) is 6.08 Å². The van der Waals surface area contributed by atoms with Gasteiger partial charge in [0.25, 0.3) is 0 Å². The Kier molecular flexibility index (Phi) is 4.71. The summed E-state index contributed by atoms with van der Waals surface area (Å²) in [5.41, 5.74) is 0. The third kappa shape index (κ3) is 4.45. The van der Waals surface area contributed by atoms with E-state index in [4.69, 9.17) is 10.2 Å². The highest BCUT2D eigenvalue weighted by Crippen LogP contribution is 1.91. The molecule has 3 N–H and O–H groups in total. The summed E-state index contributed by atoms with van der Waals surface area (Å²) in [6, 6.07) is -0.862. The van der Waals surface area contributed by atoms with Gasteiger partial charge in [-0.05, 0) is 6.42 Å². The average molecular weight is 173 g/mol. The van der Waals surface area contributed by atoms with Crippen LogP contribution in [0.3, 0.4) is 0 Å². The molecule has 0 aliphatic rings. The Morgan fingerprint density at radius 3 is 2.42 bits per heavy atom. The van der Waals surface area contributed by atoms with E-state index in [0.29, 0.717) is 0 Å². The van der Waals surface area contributed by atoms with Gasteiger partial charge in [0, 0.05) is 0 Å². The molecule has 0 aromatic rings. The van der Waals surface area contributed by atoms with Gasteiger partial charge in [0.1, 0.15) is 6.04 Å². The predicted molar refractivity (Wildman–Crippen MR) is 41.9 cm³/mol. The molecular formula is C7H11NO4. The number of rotatable bonds is 6. The number of hydrogen-bond donors (Lipinski definition) is 3. The number of carboxylic acid groups (broad SMARTS) is 2. The Labute approximate surface area is 69.7 Å². The highest BCUT2D eigenvalue weighted by molar-refractivity contribution is 5.75. The maximum atomic E-state index is 10.4. The van der Waals surface area contributed by atoms with Crippen molar-refractivity contribution in [2.45, 2.75) is 12.5 Å². The minimum atomic E-state index is -1.08. The van der Waals surface area contributed by atoms with Gasteiger partial charge < -0.3 is 10.2 Å². The smallest absolute Gasteiger partial charge is 0.321 e. The molecule has 0 saturated carbocycles. The quantitative estimate of drug-likeness (QED) is 0.479. The fraction of sp³-hybridized carbons (Fsp3) is 0.429. The molecule has 0 rings (SSSR count). The Morgan fingerprint density at radius 2 is 2.08 bits per heavy atom. The van der Waals surface area contributed by atoms with Crippen molar-refractivity contribution in [1.82, 2.24) is 5.32 Å². The number of nitrogens with one attached hydrogen (secondary N) is 1. The standard InChI is InChI=1S/C7H11NO4/c1-2-3-5(7(11)12)8-4-6(9)10/h2,5,8H,1,3-4H2,(H,9,10)(H,11,12). The normalized spacial score (nSPS) is 12.0. The number of hydrogen-bond acceptors (Lipinski definition) is 3. The van der Waals surface area contributed by atoms with Crippen molar-refractivity contribution < 1.29 is 19.8 Å². The van der Waals surface area contributed by atoms with E-state index in [0.717, 1.165) is 0 Å². The fourth-order valence-electron chi connectivity index (χ4n) is 0.649. The van der Waals surface area contributed by atoms with Crippen molar-refractivity contribution in [2.75, 3.05) is 6.54 Å². The van der Waals surface area contributed by atoms with Gasteiger partial charge in [-0.3, -0.25) is 14.9 Å². The third-order valence-electron chi connectivity index (χ3n) is 1.20. The van der Waals surface area contributed by atoms with Gasteiger partial charge in [0.2, 0.25) is 0 Å². The zero-order valence-corrected chi connectivity index (χ0v) is 6.49. The van der Waals surface area contributed by atoms with Crippen molar-refractivity contribution in [3.8, 4) is 0 Å². The molecule has 1 atom stereocenters. The predicted octanol–water partition coefficient (Wildman–Crippen LogP) is -0.310. The van der Waals surface area contributed by atoms with Gasteiger partial charge in [0.05, 0.1) is 6.54 Å². The number of carbonyl (C=O) groups is 2. The second-order valence-electron chi connectivity index (χ2n) is 2.19. The molecule has 0 bridgehead atoms. The van der Waals surface area contributed by atoms with Crippen LogP contribution >= 0.6 is 0 Å². The van der Waals surface area contributed by atoms with Gasteiger partial charge >= 0.3 is 11.9 Å². The molecule has 0 spiro atoms. The highest BCUT2D eigenvalue weighted by atomic mass is 16.4. The molecule has 5 nitrogen and oxygen atoms in total. The maximum absolute atomic E-state index is 10.4. The van der Waals surface area contributed by atoms with E-state index >= 15 is 0 Å². The molecule has 0 aromatic carbocycles. The summed E-state index contributed by atoms with van der Waals surface area (Å²) < 4.78 is 0. The lowest BCUT2D eigenvalue weighted by molar-refractivity contribution is -0.140. The first-order valence-corrected chi connectivity index (χ1v) is 3.36. The van der Waals surface area contributed by atoms with E-state index < -0.39 is 18.0 Å². The zero-order valence-electron chi connectivity index (χ0n) is 6.49. The van der Waals surface area contributed by atoms with E-state index in [2.05, 4.69) is 11.9 Å². The lowest BCUT2D eigenvalue weighted by Gasteiger charge is -2.09. The molecule has 12 heavy (non-hydrogen) atoms. The van der Waals surface area contributed by atoms with Crippen LogP contribution in [-0.2, 0) is 9.59 Å². The van der Waals surface area contributed by atoms with Gasteiger partial charge in [-0.25, -0.2) is 0 Å². The maximum Gasteiger partial charge on any atom is 0.321 e. The van der Waals surface area contributed by atoms with Crippen LogP contribution in [0.1, 0.15) is 6.42 Å². The second-order valence-corrected chi connectivity index (χ2v) is 2.19. The Bertz CT molecular complexity index is 190. The average Bonchev–Trinajstić information content (AvgIpc) is 1.96. The molecule has 68 valence electrons. The van der Waals surface area contributed by atoms with Crippen LogP contribution in [0.15, 0.2) is 12.7 Å². The van der Waals surface area contributed by atoms with Crippen LogP contribution in [0.4, 0.5) is 0 Å². The summed E-state index contributed by atoms with van der Waals surface area (Å²) in [5.74, 6) is -2.15. The summed E-state index contributed by atoms with van der Waals surface area (Å²) >= 11 is 0. The molecule has 0 aliphatic carbocycles. The topological polar surface area (TPSA) is 86.6 Å². The summed E-state index contributed by atoms with van der Waals surface area (Å²) in [6.45, 7) is 3.00. The molecule has 0 fully saturated rings. The molecular weight excluding hydrogens is 162 g/mol. The van der Waals surface area contributed by atoms with Crippen molar-refractivity contribution in [3.05, 3.63) is 12.7 Å². The molecule has 0 amide bonds. The Balaban J connectivity index is 3.86. The zero-order chi connectivity index (χ0) is 9.56. The van der Waals surface area contributed by atoms with Crippen LogP contribution < -0.4 is 5.32 Å². The molecule has 0 heterocycles. The van der Waals surface area contributed by atoms with Gasteiger partial charge in [-0.2, -0.15) is 0 Å². The molecule has 1 unspecified atom stereocenters. The van der Waals surface area contributed by atoms with Crippen LogP contribution in [0.5, 0.6) is 0 Å². The van der Waals surface area contributed by atoms with Gasteiger partial charge in [0.15, 0.2) is 0 Å². The van der Waals surface area contributed by atoms with E-state index in [1.54, 1.807) is 0 Å². The largest absolute Gasteiger partial charge is 0.480 e. The Morgan fingerprint density at radius 1 is 1.50 bits per heavy atom. The van der Waals surface area contributed by atoms with Gasteiger partial charge in [-0.15, -0.1) is 6.58 Å². The van der Waals surface area contributed by atoms with E-state index in [9.17, 15) is 9.59 Å². The molecule has 5 heteroatoms. The van der Waals surface area contributed by atoms with Crippen molar-refractivity contribution in [3.63, 3.8) is 0 Å². The monoisotopic (exact) mass is 173 g/mol. The van der Waals surface area contributed by atoms with Crippen molar-refractivity contribution in [1.29, 1.82) is 0 Å². The van der Waals surface area contributed by atoms with Gasteiger partial charge in [-0.1, -0.05) is 6.08 Å². The van der Waals surface area contributed by atoms with Crippen LogP contribution in [-0.4, -0.2) is 34.7 Å². The van der Waals surface area contributed by atoms with Crippen LogP contribution in [0, 0.1) is 0 Å². The number of carboxylic acids is 2. The minimum absolute atomic E-state index is 0.211. The molecule has 0 aromatic heterocycles. The van der Waals surface area contributed by atoms with Crippen LogP contribution in [0.25, 0.3) is 0 Å². The first-order chi connectivity index (χ1) is 5.57. The summed E-state index contributed by atoms with van der Waals surface area (Å²) in [4.78, 5) is 20.4. The minimum Gasteiger partial charge on any atom is -0.480 e. The van der Waals surface area contributed by atoms with E-state index in [-0.39, 0.29) is 13.0 Å². The second kappa shape index (κ2) is 5.31. The van der Waals surface area contributed by atoms with Crippen molar-refractivity contribution in [2.24, 2.45) is 0 Å². The third-order valence-corrected chi connectivity index (χ3v) is 1.20. The summed E-state index contributed by atoms with van der Waals surface area (Å²) in [7, 11) is 0. The SMILES string of the molecule is C=CCC(NCC(=O)O)C(=O)O. The Hall–Kier alpha value is -1.36. The molecule has 0 radical (unpaired) electrons. The fourth-order valence-corrected chi connectivity index (χ4v) is 0.649. The summed E-state index contributed by atoms with van der Waals surface area (Å²) in [6.07, 6.45) is 1.64. The first-order valence-electron chi connectivity index (χ1n) is 3.36. The van der Waals surface area contributed by atoms with E-state index in [1.807, 2.05) is 0 Å². The highest BCUT2D eigenvalue weighted by Gasteiger charge is 2.15. The number of aliphatic carboxylic acids is 2. The molecule has 0 aliphatic heterocycles. The molecule has 0 saturated heterocycles. The summed E-state index contributed by atoms with van der Waals surface area (Å²) in [5, 5.41) is 19.1. The lowest BCUT2D eigenvalue weighted by atomic mass is 10.2. The van der Waals surface area contributed by atoms with Crippen LogP contribution in [0.2, 0.25) is 0 Å².